The van der Waals surface area contributed by atoms with Gasteiger partial charge in [-0.15, -0.1) is 0 Å². The molecule has 0 saturated carbocycles. The lowest BCUT2D eigenvalue weighted by atomic mass is 9.96. The molecule has 0 fully saturated rings. The number of amidine groups is 1. The summed E-state index contributed by atoms with van der Waals surface area (Å²) in [4.78, 5) is 28.0. The summed E-state index contributed by atoms with van der Waals surface area (Å²) in [5.41, 5.74) is 9.14. The van der Waals surface area contributed by atoms with Crippen LogP contribution in [0.5, 0.6) is 0 Å². The number of aromatic amines is 1. The summed E-state index contributed by atoms with van der Waals surface area (Å²) in [6.07, 6.45) is 5.30. The number of carbonyl (C=O) groups excluding carboxylic acids is 1. The number of allylic oxidation sites excluding steroid dienone is 1. The van der Waals surface area contributed by atoms with E-state index in [1.54, 1.807) is 36.4 Å². The molecular weight excluding hydrogens is 524 g/mol. The van der Waals surface area contributed by atoms with E-state index in [4.69, 9.17) is 10.4 Å². The number of amides is 1. The van der Waals surface area contributed by atoms with Gasteiger partial charge < -0.3 is 20.5 Å². The fourth-order valence-corrected chi connectivity index (χ4v) is 5.30. The fourth-order valence-electron chi connectivity index (χ4n) is 5.30. The molecule has 0 atom stereocenters. The molecule has 3 heterocycles. The monoisotopic (exact) mass is 552 g/mol. The van der Waals surface area contributed by atoms with Crippen LogP contribution in [0.4, 0.5) is 11.6 Å². The Morgan fingerprint density at radius 3 is 2.62 bits per heavy atom. The van der Waals surface area contributed by atoms with Crippen molar-refractivity contribution in [1.82, 2.24) is 20.3 Å². The van der Waals surface area contributed by atoms with Gasteiger partial charge in [0.2, 0.25) is 5.95 Å². The van der Waals surface area contributed by atoms with Crippen molar-refractivity contribution >= 4 is 34.3 Å². The second-order valence-corrected chi connectivity index (χ2v) is 10.2. The van der Waals surface area contributed by atoms with Crippen LogP contribution in [-0.4, -0.2) is 33.7 Å². The van der Waals surface area contributed by atoms with E-state index < -0.39 is 0 Å². The summed E-state index contributed by atoms with van der Waals surface area (Å²) in [6, 6.07) is 21.3. The summed E-state index contributed by atoms with van der Waals surface area (Å²) in [6.45, 7) is 4.25. The summed E-state index contributed by atoms with van der Waals surface area (Å²) in [5.74, 6) is 0.439. The third kappa shape index (κ3) is 4.65. The van der Waals surface area contributed by atoms with E-state index >= 15 is 0 Å². The van der Waals surface area contributed by atoms with Crippen molar-refractivity contribution in [3.05, 3.63) is 107 Å². The van der Waals surface area contributed by atoms with Gasteiger partial charge in [-0.2, -0.15) is 5.26 Å². The number of benzene rings is 3. The van der Waals surface area contributed by atoms with E-state index in [9.17, 15) is 10.1 Å². The van der Waals surface area contributed by atoms with Gasteiger partial charge in [-0.1, -0.05) is 36.4 Å². The number of para-hydroxylation sites is 1. The number of rotatable bonds is 6. The van der Waals surface area contributed by atoms with Crippen molar-refractivity contribution in [3.8, 4) is 28.5 Å². The number of fused-ring (bicyclic) bond motifs is 2. The first-order valence-corrected chi connectivity index (χ1v) is 13.5. The van der Waals surface area contributed by atoms with Crippen molar-refractivity contribution in [2.24, 2.45) is 0 Å². The second-order valence-electron chi connectivity index (χ2n) is 10.2. The zero-order valence-corrected chi connectivity index (χ0v) is 23.4. The minimum absolute atomic E-state index is 0.0581. The first-order chi connectivity index (χ1) is 20.4. The Balaban J connectivity index is 1.36. The van der Waals surface area contributed by atoms with E-state index in [1.165, 1.54) is 0 Å². The molecule has 9 heteroatoms. The van der Waals surface area contributed by atoms with Gasteiger partial charge >= 0.3 is 0 Å². The largest absolute Gasteiger partial charge is 0.392 e. The number of H-pyrrole nitrogens is 1. The van der Waals surface area contributed by atoms with Gasteiger partial charge in [0.15, 0.2) is 0 Å². The molecule has 0 spiro atoms. The van der Waals surface area contributed by atoms with E-state index in [2.05, 4.69) is 26.7 Å². The highest BCUT2D eigenvalue weighted by atomic mass is 16.2. The highest BCUT2D eigenvalue weighted by Gasteiger charge is 2.32. The average Bonchev–Trinajstić information content (AvgIpc) is 3.59. The zero-order chi connectivity index (χ0) is 29.4. The topological polar surface area (TPSA) is 134 Å². The number of nitriles is 1. The van der Waals surface area contributed by atoms with E-state index in [-0.39, 0.29) is 11.7 Å². The lowest BCUT2D eigenvalue weighted by Crippen LogP contribution is -2.23. The minimum atomic E-state index is -0.0581. The van der Waals surface area contributed by atoms with Gasteiger partial charge in [0.1, 0.15) is 5.84 Å². The molecule has 3 aromatic carbocycles. The maximum Gasteiger partial charge on any atom is 0.259 e. The molecule has 0 saturated heterocycles. The van der Waals surface area contributed by atoms with E-state index in [0.29, 0.717) is 23.6 Å². The lowest BCUT2D eigenvalue weighted by Gasteiger charge is -2.17. The number of nitrogens with zero attached hydrogens (tertiary/aromatic N) is 4. The molecule has 9 nitrogen and oxygen atoms in total. The van der Waals surface area contributed by atoms with Gasteiger partial charge in [0, 0.05) is 41.7 Å². The van der Waals surface area contributed by atoms with Crippen LogP contribution < -0.4 is 15.5 Å². The second kappa shape index (κ2) is 10.7. The smallest absolute Gasteiger partial charge is 0.259 e. The molecule has 6 rings (SSSR count). The van der Waals surface area contributed by atoms with Gasteiger partial charge in [0.25, 0.3) is 5.91 Å². The van der Waals surface area contributed by atoms with Crippen molar-refractivity contribution in [2.75, 3.05) is 17.3 Å². The van der Waals surface area contributed by atoms with Crippen LogP contribution in [-0.2, 0) is 6.54 Å². The fraction of sp³-hybridized carbons (Fsp3) is 0.121. The average molecular weight is 553 g/mol. The van der Waals surface area contributed by atoms with Crippen LogP contribution in [0.2, 0.25) is 0 Å². The number of aryl methyl sites for hydroxylation is 1. The highest BCUT2D eigenvalue weighted by Crippen LogP contribution is 2.40. The van der Waals surface area contributed by atoms with Crippen molar-refractivity contribution < 1.29 is 4.79 Å². The molecule has 0 unspecified atom stereocenters. The number of nitrogens with one attached hydrogen (secondary N) is 4. The molecule has 1 amide bonds. The Labute approximate surface area is 243 Å². The van der Waals surface area contributed by atoms with Crippen LogP contribution in [0, 0.1) is 23.7 Å². The summed E-state index contributed by atoms with van der Waals surface area (Å²) in [7, 11) is 1.80. The van der Waals surface area contributed by atoms with Crippen molar-refractivity contribution in [3.63, 3.8) is 0 Å². The Morgan fingerprint density at radius 2 is 1.86 bits per heavy atom. The molecule has 1 aliphatic heterocycles. The Bertz CT molecular complexity index is 1950. The minimum Gasteiger partial charge on any atom is -0.392 e. The molecule has 5 aromatic rings. The number of aromatic nitrogens is 3. The van der Waals surface area contributed by atoms with Crippen LogP contribution in [0.1, 0.15) is 34.0 Å². The predicted octanol–water partition coefficient (Wildman–Crippen LogP) is 6.14. The molecule has 4 N–H and O–H groups in total. The predicted molar refractivity (Wildman–Crippen MR) is 165 cm³/mol. The molecular formula is C33H28N8O. The number of carbonyl (C=O) groups is 1. The lowest BCUT2D eigenvalue weighted by molar-refractivity contribution is 0.0997. The SMILES string of the molecule is CN/C(C)=C\C(=N)Nc1ncc(C)c(-c2c[nH]c3c(N4Cc5c(cccc5-c5ccc(C#N)cc5)C4=O)cccc23)n1. The standard InChI is InChI=1S/C33H28N8O/c1-19-16-38-33(39-29(35)14-20(2)36-3)40-30(19)26-17-37-31-24(26)7-5-9-28(31)41-18-27-23(6-4-8-25(27)32(41)42)22-12-10-21(15-34)11-13-22/h4-14,16-17,36-37H,18H2,1-3H3,(H2,35,38,39,40)/b20-14-. The van der Waals surface area contributed by atoms with Crippen LogP contribution in [0.15, 0.2) is 84.8 Å². The van der Waals surface area contributed by atoms with Gasteiger partial charge in [0.05, 0.1) is 35.1 Å². The third-order valence-electron chi connectivity index (χ3n) is 7.51. The Hall–Kier alpha value is -5.75. The first-order valence-electron chi connectivity index (χ1n) is 13.5. The first kappa shape index (κ1) is 26.5. The molecule has 206 valence electrons. The van der Waals surface area contributed by atoms with Crippen LogP contribution >= 0.6 is 0 Å². The molecule has 42 heavy (non-hydrogen) atoms. The van der Waals surface area contributed by atoms with Gasteiger partial charge in [-0.05, 0) is 66.4 Å². The van der Waals surface area contributed by atoms with Crippen LogP contribution in [0.25, 0.3) is 33.3 Å². The molecule has 2 aromatic heterocycles. The number of anilines is 2. The Morgan fingerprint density at radius 1 is 1.10 bits per heavy atom. The normalized spacial score (nSPS) is 12.8. The quantitative estimate of drug-likeness (QED) is 0.148. The molecule has 0 bridgehead atoms. The Kier molecular flexibility index (Phi) is 6.73. The van der Waals surface area contributed by atoms with E-state index in [1.807, 2.05) is 68.6 Å². The summed E-state index contributed by atoms with van der Waals surface area (Å²) in [5, 5.41) is 24.3. The molecule has 1 aliphatic rings. The summed E-state index contributed by atoms with van der Waals surface area (Å²) < 4.78 is 0. The van der Waals surface area contributed by atoms with Gasteiger partial charge in [-0.25, -0.2) is 9.97 Å². The number of hydrogen-bond acceptors (Lipinski definition) is 6. The maximum atomic E-state index is 13.7. The zero-order valence-electron chi connectivity index (χ0n) is 23.4. The van der Waals surface area contributed by atoms with Crippen LogP contribution in [0.3, 0.4) is 0 Å². The van der Waals surface area contributed by atoms with Crippen molar-refractivity contribution in [2.45, 2.75) is 20.4 Å². The maximum absolute atomic E-state index is 13.7. The van der Waals surface area contributed by atoms with Gasteiger partial charge in [-0.3, -0.25) is 10.2 Å². The van der Waals surface area contributed by atoms with E-state index in [0.717, 1.165) is 55.8 Å². The molecule has 0 aliphatic carbocycles. The third-order valence-corrected chi connectivity index (χ3v) is 7.51. The number of hydrogen-bond donors (Lipinski definition) is 4. The molecule has 0 radical (unpaired) electrons. The highest BCUT2D eigenvalue weighted by molar-refractivity contribution is 6.15. The summed E-state index contributed by atoms with van der Waals surface area (Å²) >= 11 is 0. The van der Waals surface area contributed by atoms with Crippen molar-refractivity contribution in [1.29, 1.82) is 10.7 Å².